The van der Waals surface area contributed by atoms with E-state index in [0.29, 0.717) is 0 Å². The Balaban J connectivity index is 0. The molecule has 0 bridgehead atoms. The highest BCUT2D eigenvalue weighted by Crippen LogP contribution is 2.03. The molecule has 0 atom stereocenters. The molecule has 94 valence electrons. The van der Waals surface area contributed by atoms with Crippen molar-refractivity contribution in [2.45, 2.75) is 34.6 Å². The zero-order chi connectivity index (χ0) is 12.2. The van der Waals surface area contributed by atoms with Crippen molar-refractivity contribution in [2.24, 2.45) is 0 Å². The molecule has 0 heterocycles. The molecular weight excluding hydrogens is 204 g/mol. The van der Waals surface area contributed by atoms with Crippen molar-refractivity contribution in [3.63, 3.8) is 0 Å². The van der Waals surface area contributed by atoms with Crippen LogP contribution < -0.4 is 0 Å². The third-order valence-corrected chi connectivity index (χ3v) is 1.86. The van der Waals surface area contributed by atoms with Gasteiger partial charge in [0.2, 0.25) is 0 Å². The highest BCUT2D eigenvalue weighted by atomic mass is 13.9. The van der Waals surface area contributed by atoms with Crippen LogP contribution in [-0.4, -0.2) is 0 Å². The van der Waals surface area contributed by atoms with Gasteiger partial charge in [0.05, 0.1) is 0 Å². The molecule has 1 rings (SSSR count). The number of rotatable bonds is 2. The molecule has 0 N–H and O–H groups in total. The molecule has 0 aromatic heterocycles. The molecule has 1 aliphatic rings. The first kappa shape index (κ1) is 17.8. The molecule has 0 heteroatoms. The van der Waals surface area contributed by atoms with E-state index in [2.05, 4.69) is 57.7 Å². The molecule has 0 aromatic rings. The largest absolute Gasteiger partial charge is 0.0991 e. The summed E-state index contributed by atoms with van der Waals surface area (Å²) in [5, 5.41) is 0. The minimum atomic E-state index is 0. The van der Waals surface area contributed by atoms with Crippen LogP contribution in [0.3, 0.4) is 0 Å². The van der Waals surface area contributed by atoms with Gasteiger partial charge < -0.3 is 0 Å². The zero-order valence-electron chi connectivity index (χ0n) is 10.6. The molecule has 0 nitrogen and oxygen atoms in total. The van der Waals surface area contributed by atoms with Crippen molar-refractivity contribution in [3.05, 3.63) is 72.4 Å². The second-order valence-electron chi connectivity index (χ2n) is 3.89. The van der Waals surface area contributed by atoms with Crippen molar-refractivity contribution in [2.75, 3.05) is 0 Å². The first-order valence-electron chi connectivity index (χ1n) is 5.58. The van der Waals surface area contributed by atoms with Gasteiger partial charge in [0.25, 0.3) is 0 Å². The van der Waals surface area contributed by atoms with Crippen LogP contribution in [0, 0.1) is 0 Å². The van der Waals surface area contributed by atoms with Crippen molar-refractivity contribution >= 4 is 0 Å². The molecule has 0 radical (unpaired) electrons. The fourth-order valence-corrected chi connectivity index (χ4v) is 1.01. The summed E-state index contributed by atoms with van der Waals surface area (Å²) in [5.41, 5.74) is 2.73. The van der Waals surface area contributed by atoms with E-state index in [-0.39, 0.29) is 7.43 Å². The summed E-state index contributed by atoms with van der Waals surface area (Å²) in [5.74, 6) is 0. The van der Waals surface area contributed by atoms with Gasteiger partial charge in [-0.1, -0.05) is 79.8 Å². The van der Waals surface area contributed by atoms with Crippen LogP contribution in [-0.2, 0) is 0 Å². The van der Waals surface area contributed by atoms with Gasteiger partial charge in [-0.2, -0.15) is 0 Å². The minimum absolute atomic E-state index is 0. The van der Waals surface area contributed by atoms with E-state index in [9.17, 15) is 0 Å². The lowest BCUT2D eigenvalue weighted by molar-refractivity contribution is 1.22. The monoisotopic (exact) mass is 230 g/mol. The molecule has 0 aromatic carbocycles. The van der Waals surface area contributed by atoms with Gasteiger partial charge in [-0.3, -0.25) is 0 Å². The summed E-state index contributed by atoms with van der Waals surface area (Å²) in [6.07, 6.45) is 19.3. The average molecular weight is 230 g/mol. The van der Waals surface area contributed by atoms with E-state index in [1.54, 1.807) is 6.08 Å². The van der Waals surface area contributed by atoms with Crippen LogP contribution in [0.1, 0.15) is 34.6 Å². The summed E-state index contributed by atoms with van der Waals surface area (Å²) in [6, 6.07) is 0. The Labute approximate surface area is 107 Å². The molecule has 0 amide bonds. The summed E-state index contributed by atoms with van der Waals surface area (Å²) in [4.78, 5) is 0. The lowest BCUT2D eigenvalue weighted by Crippen LogP contribution is -1.66. The lowest BCUT2D eigenvalue weighted by atomic mass is 10.2. The van der Waals surface area contributed by atoms with Crippen LogP contribution in [0.2, 0.25) is 0 Å². The van der Waals surface area contributed by atoms with E-state index >= 15 is 0 Å². The van der Waals surface area contributed by atoms with E-state index in [4.69, 9.17) is 0 Å². The molecule has 1 aliphatic carbocycles. The minimum Gasteiger partial charge on any atom is -0.0991 e. The predicted molar refractivity (Wildman–Crippen MR) is 82.2 cm³/mol. The molecule has 17 heavy (non-hydrogen) atoms. The van der Waals surface area contributed by atoms with Gasteiger partial charge in [-0.05, 0) is 27.2 Å². The average Bonchev–Trinajstić information content (AvgIpc) is 2.47. The van der Waals surface area contributed by atoms with Gasteiger partial charge in [0.15, 0.2) is 0 Å². The summed E-state index contributed by atoms with van der Waals surface area (Å²) in [6.45, 7) is 9.81. The summed E-state index contributed by atoms with van der Waals surface area (Å²) >= 11 is 0. The maximum absolute atomic E-state index is 3.54. The Hall–Kier alpha value is -1.56. The Morgan fingerprint density at radius 1 is 1.18 bits per heavy atom. The van der Waals surface area contributed by atoms with Gasteiger partial charge >= 0.3 is 0 Å². The van der Waals surface area contributed by atoms with Crippen LogP contribution in [0.25, 0.3) is 0 Å². The maximum atomic E-state index is 3.54. The Bertz CT molecular complexity index is 329. The fraction of sp³-hybridized carbons (Fsp3) is 0.294. The van der Waals surface area contributed by atoms with Crippen molar-refractivity contribution in [3.8, 4) is 0 Å². The third-order valence-electron chi connectivity index (χ3n) is 1.86. The predicted octanol–water partition coefficient (Wildman–Crippen LogP) is 5.78. The molecule has 0 spiro atoms. The van der Waals surface area contributed by atoms with Crippen LogP contribution >= 0.6 is 0 Å². The smallest absolute Gasteiger partial charge is 0.0135 e. The molecule has 0 unspecified atom stereocenters. The van der Waals surface area contributed by atoms with Crippen LogP contribution in [0.15, 0.2) is 72.4 Å². The molecule has 0 aliphatic heterocycles. The number of hydrogen-bond acceptors (Lipinski definition) is 0. The zero-order valence-corrected chi connectivity index (χ0v) is 10.6. The van der Waals surface area contributed by atoms with Crippen molar-refractivity contribution in [1.29, 1.82) is 0 Å². The molecule has 0 saturated heterocycles. The topological polar surface area (TPSA) is 0 Å². The summed E-state index contributed by atoms with van der Waals surface area (Å²) in [7, 11) is 0. The lowest BCUT2D eigenvalue weighted by Gasteiger charge is -1.86. The fourth-order valence-electron chi connectivity index (χ4n) is 1.01. The molecule has 0 saturated carbocycles. The Kier molecular flexibility index (Phi) is 13.1. The molecule has 0 fully saturated rings. The maximum Gasteiger partial charge on any atom is -0.0135 e. The van der Waals surface area contributed by atoms with E-state index in [0.717, 1.165) is 6.42 Å². The first-order chi connectivity index (χ1) is 7.66. The van der Waals surface area contributed by atoms with Gasteiger partial charge in [0, 0.05) is 0 Å². The Morgan fingerprint density at radius 2 is 1.88 bits per heavy atom. The SMILES string of the molecule is C.C=C/C=C\C=C(C)C.CC1=CC=CC=CC1. The van der Waals surface area contributed by atoms with E-state index < -0.39 is 0 Å². The quantitative estimate of drug-likeness (QED) is 0.527. The van der Waals surface area contributed by atoms with Crippen molar-refractivity contribution < 1.29 is 0 Å². The standard InChI is InChI=1S/C8H10.C8H12.CH4/c1-8-6-4-2-3-5-7-8;1-4-5-6-7-8(2)3;/h2-6H,7H2,1H3;4-7H,1H2,2-3H3;1H4/b;6-5-;. The number of hydrogen-bond donors (Lipinski definition) is 0. The number of allylic oxidation sites excluding steroid dienone is 11. The normalized spacial score (nSPS) is 12.8. The van der Waals surface area contributed by atoms with Gasteiger partial charge in [-0.15, -0.1) is 0 Å². The highest BCUT2D eigenvalue weighted by molar-refractivity contribution is 5.21. The second-order valence-corrected chi connectivity index (χ2v) is 3.89. The van der Waals surface area contributed by atoms with Gasteiger partial charge in [0.1, 0.15) is 0 Å². The van der Waals surface area contributed by atoms with Crippen LogP contribution in [0.5, 0.6) is 0 Å². The van der Waals surface area contributed by atoms with Gasteiger partial charge in [-0.25, -0.2) is 0 Å². The molecular formula is C17H26. The van der Waals surface area contributed by atoms with E-state index in [1.807, 2.05) is 18.2 Å². The second kappa shape index (κ2) is 12.5. The Morgan fingerprint density at radius 3 is 2.47 bits per heavy atom. The third kappa shape index (κ3) is 14.4. The summed E-state index contributed by atoms with van der Waals surface area (Å²) < 4.78 is 0. The van der Waals surface area contributed by atoms with Crippen LogP contribution in [0.4, 0.5) is 0 Å². The van der Waals surface area contributed by atoms with Crippen molar-refractivity contribution in [1.82, 2.24) is 0 Å². The van der Waals surface area contributed by atoms with E-state index in [1.165, 1.54) is 11.1 Å². The first-order valence-corrected chi connectivity index (χ1v) is 5.58. The highest BCUT2D eigenvalue weighted by Gasteiger charge is 1.83.